The summed E-state index contributed by atoms with van der Waals surface area (Å²) in [7, 11) is -2.69. The number of methoxy groups -OCH3 is 2. The maximum Gasteiger partial charge on any atom is 0.264 e. The zero-order valence-electron chi connectivity index (χ0n) is 21.7. The highest BCUT2D eigenvalue weighted by Gasteiger charge is 2.42. The third-order valence-electron chi connectivity index (χ3n) is 6.78. The van der Waals surface area contributed by atoms with Crippen LogP contribution in [0.1, 0.15) is 63.7 Å². The van der Waals surface area contributed by atoms with Crippen molar-refractivity contribution in [2.24, 2.45) is 0 Å². The summed E-state index contributed by atoms with van der Waals surface area (Å²) >= 11 is 0. The van der Waals surface area contributed by atoms with E-state index >= 15 is 0 Å². The molecule has 1 aliphatic carbocycles. The van der Waals surface area contributed by atoms with Crippen molar-refractivity contribution < 1.29 is 31.2 Å². The first-order chi connectivity index (χ1) is 15.2. The Hall–Kier alpha value is -1.13. The Morgan fingerprint density at radius 2 is 1.58 bits per heavy atom. The molecule has 0 bridgehead atoms. The van der Waals surface area contributed by atoms with Crippen molar-refractivity contribution in [3.8, 4) is 11.5 Å². The van der Waals surface area contributed by atoms with E-state index in [1.54, 1.807) is 14.2 Å². The van der Waals surface area contributed by atoms with Crippen molar-refractivity contribution >= 4 is 18.4 Å². The molecule has 7 nitrogen and oxygen atoms in total. The predicted octanol–water partition coefficient (Wildman–Crippen LogP) is 5.38. The average Bonchev–Trinajstić information content (AvgIpc) is 3.21. The highest BCUT2D eigenvalue weighted by atomic mass is 32.2. The van der Waals surface area contributed by atoms with Gasteiger partial charge in [0.05, 0.1) is 39.3 Å². The van der Waals surface area contributed by atoms with Gasteiger partial charge in [0.1, 0.15) is 17.6 Å². The average molecular weight is 503 g/mol. The van der Waals surface area contributed by atoms with E-state index in [-0.39, 0.29) is 17.7 Å². The molecule has 190 valence electrons. The van der Waals surface area contributed by atoms with Gasteiger partial charge in [0.15, 0.2) is 8.32 Å². The molecular formula is C24H42O7SSi. The second-order valence-corrected chi connectivity index (χ2v) is 16.8. The van der Waals surface area contributed by atoms with Gasteiger partial charge in [-0.25, -0.2) is 0 Å². The van der Waals surface area contributed by atoms with E-state index in [9.17, 15) is 8.42 Å². The van der Waals surface area contributed by atoms with Crippen LogP contribution in [-0.4, -0.2) is 56.0 Å². The first-order valence-electron chi connectivity index (χ1n) is 11.6. The molecule has 0 saturated heterocycles. The molecule has 0 spiro atoms. The van der Waals surface area contributed by atoms with Gasteiger partial charge in [0.25, 0.3) is 10.1 Å². The van der Waals surface area contributed by atoms with E-state index in [2.05, 4.69) is 33.9 Å². The van der Waals surface area contributed by atoms with Crippen molar-refractivity contribution in [1.29, 1.82) is 0 Å². The third-order valence-corrected chi connectivity index (χ3v) is 11.8. The monoisotopic (exact) mass is 502 g/mol. The van der Waals surface area contributed by atoms with Crippen LogP contribution in [-0.2, 0) is 23.5 Å². The summed E-state index contributed by atoms with van der Waals surface area (Å²) in [5.41, 5.74) is 1.70. The van der Waals surface area contributed by atoms with E-state index in [4.69, 9.17) is 22.8 Å². The molecule has 1 aromatic rings. The highest BCUT2D eigenvalue weighted by Crippen LogP contribution is 2.43. The van der Waals surface area contributed by atoms with Crippen molar-refractivity contribution in [3.05, 3.63) is 23.3 Å². The number of rotatable bonds is 11. The molecule has 1 saturated carbocycles. The van der Waals surface area contributed by atoms with Gasteiger partial charge in [-0.2, -0.15) is 8.42 Å². The molecule has 0 N–H and O–H groups in total. The fourth-order valence-electron chi connectivity index (χ4n) is 3.78. The van der Waals surface area contributed by atoms with Gasteiger partial charge in [-0.1, -0.05) is 33.6 Å². The summed E-state index contributed by atoms with van der Waals surface area (Å²) in [4.78, 5) is 0. The van der Waals surface area contributed by atoms with Gasteiger partial charge in [-0.3, -0.25) is 4.18 Å². The maximum atomic E-state index is 11.9. The van der Waals surface area contributed by atoms with E-state index in [1.807, 2.05) is 19.1 Å². The van der Waals surface area contributed by atoms with Gasteiger partial charge in [0.2, 0.25) is 0 Å². The fraction of sp³-hybridized carbons (Fsp3) is 0.750. The lowest BCUT2D eigenvalue weighted by molar-refractivity contribution is -0.0874. The minimum absolute atomic E-state index is 0.0536. The Labute approximate surface area is 201 Å². The van der Waals surface area contributed by atoms with Gasteiger partial charge in [-0.05, 0) is 55.6 Å². The second kappa shape index (κ2) is 11.1. The quantitative estimate of drug-likeness (QED) is 0.297. The Morgan fingerprint density at radius 3 is 2.00 bits per heavy atom. The minimum atomic E-state index is -3.65. The standard InChI is InChI=1S/C24H42O7SSi/c1-17-20(27-5)14-18(15-21(17)28-6)23(31-33(8,9)24(2,3)4)22(16-29-32(7,25)26)30-19-12-10-11-13-19/h14-15,19,22-23H,10-13,16H2,1-9H3. The van der Waals surface area contributed by atoms with Gasteiger partial charge >= 0.3 is 0 Å². The number of hydrogen-bond donors (Lipinski definition) is 0. The molecule has 0 radical (unpaired) electrons. The fourth-order valence-corrected chi connectivity index (χ4v) is 5.44. The minimum Gasteiger partial charge on any atom is -0.496 e. The van der Waals surface area contributed by atoms with Crippen LogP contribution < -0.4 is 9.47 Å². The number of hydrogen-bond acceptors (Lipinski definition) is 7. The summed E-state index contributed by atoms with van der Waals surface area (Å²) in [6.07, 6.45) is 4.06. The Morgan fingerprint density at radius 1 is 1.06 bits per heavy atom. The predicted molar refractivity (Wildman–Crippen MR) is 133 cm³/mol. The molecule has 1 aliphatic rings. The second-order valence-electron chi connectivity index (χ2n) is 10.4. The van der Waals surface area contributed by atoms with E-state index < -0.39 is 30.6 Å². The summed E-state index contributed by atoms with van der Waals surface area (Å²) < 4.78 is 53.6. The summed E-state index contributed by atoms with van der Waals surface area (Å²) in [5.74, 6) is 1.36. The lowest BCUT2D eigenvalue weighted by atomic mass is 10.0. The van der Waals surface area contributed by atoms with Crippen LogP contribution in [0.3, 0.4) is 0 Å². The molecule has 0 amide bonds. The highest BCUT2D eigenvalue weighted by molar-refractivity contribution is 7.85. The van der Waals surface area contributed by atoms with Crippen LogP contribution in [0.25, 0.3) is 0 Å². The summed E-state index contributed by atoms with van der Waals surface area (Å²) in [5, 5.41) is -0.0558. The Balaban J connectivity index is 2.58. The molecule has 9 heteroatoms. The topological polar surface area (TPSA) is 80.3 Å². The Bertz CT molecular complexity index is 862. The van der Waals surface area contributed by atoms with Crippen molar-refractivity contribution in [2.45, 2.75) is 89.8 Å². The Kier molecular flexibility index (Phi) is 9.43. The lowest BCUT2D eigenvalue weighted by Gasteiger charge is -2.42. The lowest BCUT2D eigenvalue weighted by Crippen LogP contribution is -2.45. The molecule has 33 heavy (non-hydrogen) atoms. The normalized spacial score (nSPS) is 17.7. The largest absolute Gasteiger partial charge is 0.496 e. The molecule has 0 heterocycles. The summed E-state index contributed by atoms with van der Waals surface area (Å²) in [6.45, 7) is 12.7. The number of benzene rings is 1. The van der Waals surface area contributed by atoms with Crippen LogP contribution in [0.2, 0.25) is 18.1 Å². The van der Waals surface area contributed by atoms with Crippen LogP contribution in [0.4, 0.5) is 0 Å². The first kappa shape index (κ1) is 28.1. The molecule has 1 fully saturated rings. The smallest absolute Gasteiger partial charge is 0.264 e. The SMILES string of the molecule is COc1cc(C(O[Si](C)(C)C(C)(C)C)C(COS(C)(=O)=O)OC2CCCC2)cc(OC)c1C. The first-order valence-corrected chi connectivity index (χ1v) is 16.3. The van der Waals surface area contributed by atoms with Crippen LogP contribution in [0.15, 0.2) is 12.1 Å². The van der Waals surface area contributed by atoms with Crippen LogP contribution >= 0.6 is 0 Å². The maximum absolute atomic E-state index is 11.9. The number of ether oxygens (including phenoxy) is 3. The molecule has 2 atom stereocenters. The van der Waals surface area contributed by atoms with Crippen molar-refractivity contribution in [2.75, 3.05) is 27.1 Å². The van der Waals surface area contributed by atoms with Crippen molar-refractivity contribution in [3.63, 3.8) is 0 Å². The third kappa shape index (κ3) is 7.68. The molecule has 0 aliphatic heterocycles. The van der Waals surface area contributed by atoms with Gasteiger partial charge in [0, 0.05) is 5.56 Å². The van der Waals surface area contributed by atoms with E-state index in [0.29, 0.717) is 11.5 Å². The molecule has 0 aromatic heterocycles. The van der Waals surface area contributed by atoms with Gasteiger partial charge in [-0.15, -0.1) is 0 Å². The van der Waals surface area contributed by atoms with E-state index in [0.717, 1.165) is 43.1 Å². The summed E-state index contributed by atoms with van der Waals surface area (Å²) in [6, 6.07) is 3.86. The van der Waals surface area contributed by atoms with Gasteiger partial charge < -0.3 is 18.6 Å². The van der Waals surface area contributed by atoms with Crippen LogP contribution in [0, 0.1) is 6.92 Å². The molecule has 2 unspecified atom stereocenters. The molecule has 1 aromatic carbocycles. The van der Waals surface area contributed by atoms with Crippen molar-refractivity contribution in [1.82, 2.24) is 0 Å². The molecule has 2 rings (SSSR count). The molecular weight excluding hydrogens is 460 g/mol. The van der Waals surface area contributed by atoms with Crippen LogP contribution in [0.5, 0.6) is 11.5 Å². The van der Waals surface area contributed by atoms with E-state index in [1.165, 1.54) is 0 Å². The zero-order chi connectivity index (χ0) is 25.0. The zero-order valence-corrected chi connectivity index (χ0v) is 23.5.